The third-order valence-corrected chi connectivity index (χ3v) is 7.89. The minimum Gasteiger partial charge on any atom is -0.478 e. The summed E-state index contributed by atoms with van der Waals surface area (Å²) < 4.78 is 12.0. The van der Waals surface area contributed by atoms with Crippen LogP contribution in [0, 0.1) is 0 Å². The molecule has 0 bridgehead atoms. The van der Waals surface area contributed by atoms with E-state index in [1.165, 1.54) is 16.4 Å². The first kappa shape index (κ1) is 20.0. The molecule has 0 aliphatic carbocycles. The van der Waals surface area contributed by atoms with E-state index in [-0.39, 0.29) is 12.1 Å². The number of hydrogen-bond donors (Lipinski definition) is 0. The Bertz CT molecular complexity index is 987. The van der Waals surface area contributed by atoms with Crippen molar-refractivity contribution in [2.45, 2.75) is 12.1 Å². The predicted molar refractivity (Wildman–Crippen MR) is 128 cm³/mol. The average molecular weight is 428 g/mol. The lowest BCUT2D eigenvalue weighted by molar-refractivity contribution is 0.316. The van der Waals surface area contributed by atoms with Crippen LogP contribution >= 0.6 is 7.92 Å². The van der Waals surface area contributed by atoms with Crippen molar-refractivity contribution >= 4 is 25.0 Å². The monoisotopic (exact) mass is 428 g/mol. The van der Waals surface area contributed by atoms with Crippen LogP contribution in [0.1, 0.15) is 23.2 Å². The fraction of sp³-hybridized carbons (Fsp3) is 0.231. The molecule has 5 heteroatoms. The van der Waals surface area contributed by atoms with Gasteiger partial charge in [0.15, 0.2) is 11.8 Å². The van der Waals surface area contributed by atoms with Gasteiger partial charge < -0.3 is 9.47 Å². The molecule has 0 radical (unpaired) electrons. The van der Waals surface area contributed by atoms with Crippen LogP contribution in [-0.2, 0) is 9.47 Å². The second-order valence-corrected chi connectivity index (χ2v) is 9.94. The lowest BCUT2D eigenvalue weighted by Gasteiger charge is -2.17. The van der Waals surface area contributed by atoms with Gasteiger partial charge in [-0.05, 0) is 16.4 Å². The number of aliphatic imine (C=N–C) groups is 2. The normalized spacial score (nSPS) is 21.0. The molecule has 1 unspecified atom stereocenters. The van der Waals surface area contributed by atoms with Gasteiger partial charge in [0.25, 0.3) is 0 Å². The van der Waals surface area contributed by atoms with Gasteiger partial charge in [-0.2, -0.15) is 0 Å². The Kier molecular flexibility index (Phi) is 6.08. The van der Waals surface area contributed by atoms with Gasteiger partial charge in [-0.15, -0.1) is 0 Å². The Labute approximate surface area is 184 Å². The Balaban J connectivity index is 1.33. The zero-order valence-corrected chi connectivity index (χ0v) is 18.2. The molecule has 0 amide bonds. The second-order valence-electron chi connectivity index (χ2n) is 7.71. The number of nitrogens with zero attached hydrogens (tertiary/aromatic N) is 2. The molecule has 0 saturated heterocycles. The van der Waals surface area contributed by atoms with Crippen LogP contribution in [0.5, 0.6) is 0 Å². The summed E-state index contributed by atoms with van der Waals surface area (Å²) in [5.41, 5.74) is 2.41. The van der Waals surface area contributed by atoms with Gasteiger partial charge in [-0.25, -0.2) is 9.98 Å². The van der Waals surface area contributed by atoms with Crippen LogP contribution in [-0.4, -0.2) is 37.3 Å². The highest BCUT2D eigenvalue weighted by atomic mass is 31.1. The molecule has 0 saturated carbocycles. The molecule has 3 aromatic carbocycles. The first-order valence-corrected chi connectivity index (χ1v) is 12.4. The van der Waals surface area contributed by atoms with Crippen molar-refractivity contribution in [2.75, 3.05) is 25.5 Å². The van der Waals surface area contributed by atoms with Crippen LogP contribution in [0.15, 0.2) is 101 Å². The van der Waals surface area contributed by atoms with Gasteiger partial charge in [0.05, 0.1) is 0 Å². The van der Waals surface area contributed by atoms with Crippen molar-refractivity contribution in [3.8, 4) is 0 Å². The quantitative estimate of drug-likeness (QED) is 0.490. The predicted octanol–water partition coefficient (Wildman–Crippen LogP) is 5.13. The van der Waals surface area contributed by atoms with Crippen molar-refractivity contribution in [2.24, 2.45) is 9.98 Å². The summed E-state index contributed by atoms with van der Waals surface area (Å²) in [6.07, 6.45) is 1.61. The molecule has 0 aromatic heterocycles. The molecule has 2 aliphatic rings. The largest absolute Gasteiger partial charge is 0.478 e. The summed E-state index contributed by atoms with van der Waals surface area (Å²) in [5, 5.41) is 1.32. The van der Waals surface area contributed by atoms with E-state index in [1.807, 2.05) is 12.1 Å². The maximum atomic E-state index is 6.01. The van der Waals surface area contributed by atoms with Crippen LogP contribution in [0.3, 0.4) is 0 Å². The van der Waals surface area contributed by atoms with E-state index in [4.69, 9.17) is 19.5 Å². The summed E-state index contributed by atoms with van der Waals surface area (Å²) in [5.74, 6) is 1.70. The average Bonchev–Trinajstić information content (AvgIpc) is 3.50. The first-order chi connectivity index (χ1) is 15.3. The molecular formula is C26H25N2O2P. The summed E-state index contributed by atoms with van der Waals surface area (Å²) in [6.45, 7) is 1.23. The van der Waals surface area contributed by atoms with Gasteiger partial charge in [-0.1, -0.05) is 98.9 Å². The molecule has 31 heavy (non-hydrogen) atoms. The van der Waals surface area contributed by atoms with Crippen molar-refractivity contribution in [3.05, 3.63) is 102 Å². The van der Waals surface area contributed by atoms with E-state index < -0.39 is 7.92 Å². The van der Waals surface area contributed by atoms with Gasteiger partial charge in [0, 0.05) is 12.3 Å². The SMILES string of the molecule is c1ccc([C@@H]2COC(CP(CC3=N[C@@H](c4ccccc4)CO3)c3ccccc3)=N2)cc1. The standard InChI is InChI=1S/C26H25N2O2P/c1-4-10-20(11-5-1)23-16-29-25(27-23)18-31(22-14-8-3-9-15-22)19-26-28-24(17-30-26)21-12-6-2-7-13-21/h1-15,23-24H,16-19H2/t23-,24+,31?. The van der Waals surface area contributed by atoms with E-state index in [1.54, 1.807) is 0 Å². The molecule has 0 N–H and O–H groups in total. The van der Waals surface area contributed by atoms with Crippen LogP contribution in [0.4, 0.5) is 0 Å². The van der Waals surface area contributed by atoms with Gasteiger partial charge in [-0.3, -0.25) is 0 Å². The summed E-state index contributed by atoms with van der Waals surface area (Å²) >= 11 is 0. The van der Waals surface area contributed by atoms with Crippen LogP contribution in [0.25, 0.3) is 0 Å². The topological polar surface area (TPSA) is 43.2 Å². The summed E-state index contributed by atoms with van der Waals surface area (Å²) in [7, 11) is -0.565. The van der Waals surface area contributed by atoms with Gasteiger partial charge >= 0.3 is 0 Å². The van der Waals surface area contributed by atoms with Crippen LogP contribution < -0.4 is 5.30 Å². The van der Waals surface area contributed by atoms with Gasteiger partial charge in [0.2, 0.25) is 0 Å². The molecule has 3 atom stereocenters. The number of hydrogen-bond acceptors (Lipinski definition) is 4. The van der Waals surface area contributed by atoms with E-state index in [2.05, 4.69) is 78.9 Å². The van der Waals surface area contributed by atoms with Gasteiger partial charge in [0.1, 0.15) is 25.3 Å². The highest BCUT2D eigenvalue weighted by Crippen LogP contribution is 2.38. The Morgan fingerprint density at radius 1 is 0.613 bits per heavy atom. The maximum Gasteiger partial charge on any atom is 0.188 e. The summed E-state index contributed by atoms with van der Waals surface area (Å²) in [4.78, 5) is 9.78. The molecule has 5 rings (SSSR count). The number of benzene rings is 3. The highest BCUT2D eigenvalue weighted by molar-refractivity contribution is 7.67. The fourth-order valence-electron chi connectivity index (χ4n) is 3.92. The van der Waals surface area contributed by atoms with Crippen molar-refractivity contribution < 1.29 is 9.47 Å². The molecule has 0 fully saturated rings. The van der Waals surface area contributed by atoms with E-state index in [0.717, 1.165) is 24.1 Å². The van der Waals surface area contributed by atoms with Crippen molar-refractivity contribution in [1.29, 1.82) is 0 Å². The maximum absolute atomic E-state index is 6.01. The van der Waals surface area contributed by atoms with Crippen LogP contribution in [0.2, 0.25) is 0 Å². The number of ether oxygens (including phenoxy) is 2. The number of rotatable bonds is 7. The first-order valence-electron chi connectivity index (χ1n) is 10.6. The zero-order valence-electron chi connectivity index (χ0n) is 17.3. The second kappa shape index (κ2) is 9.45. The smallest absolute Gasteiger partial charge is 0.188 e. The van der Waals surface area contributed by atoms with E-state index in [9.17, 15) is 0 Å². The molecule has 2 heterocycles. The zero-order chi connectivity index (χ0) is 20.9. The van der Waals surface area contributed by atoms with E-state index in [0.29, 0.717) is 13.2 Å². The Hall–Kier alpha value is -2.97. The molecule has 4 nitrogen and oxygen atoms in total. The molecular weight excluding hydrogens is 403 g/mol. The molecule has 2 aliphatic heterocycles. The molecule has 0 spiro atoms. The van der Waals surface area contributed by atoms with Crippen molar-refractivity contribution in [3.63, 3.8) is 0 Å². The minimum absolute atomic E-state index is 0.0892. The van der Waals surface area contributed by atoms with Crippen molar-refractivity contribution in [1.82, 2.24) is 0 Å². The Morgan fingerprint density at radius 3 is 1.48 bits per heavy atom. The lowest BCUT2D eigenvalue weighted by atomic mass is 10.1. The third-order valence-electron chi connectivity index (χ3n) is 5.56. The minimum atomic E-state index is -0.565. The third kappa shape index (κ3) is 4.86. The lowest BCUT2D eigenvalue weighted by Crippen LogP contribution is -2.17. The molecule has 3 aromatic rings. The highest BCUT2D eigenvalue weighted by Gasteiger charge is 2.27. The van der Waals surface area contributed by atoms with E-state index >= 15 is 0 Å². The fourth-order valence-corrected chi connectivity index (χ4v) is 5.99. The molecule has 156 valence electrons. The Morgan fingerprint density at radius 2 is 1.03 bits per heavy atom. The summed E-state index contributed by atoms with van der Waals surface area (Å²) in [6, 6.07) is 31.6.